The molecule has 0 aromatic heterocycles. The van der Waals surface area contributed by atoms with Crippen LogP contribution in [0.15, 0.2) is 18.2 Å². The largest absolute Gasteiger partial charge is 0.334 e. The third kappa shape index (κ3) is 5.68. The van der Waals surface area contributed by atoms with Gasteiger partial charge in [-0.15, -0.1) is 0 Å². The van der Waals surface area contributed by atoms with Crippen LogP contribution in [0, 0.1) is 6.92 Å². The van der Waals surface area contributed by atoms with Crippen molar-refractivity contribution in [3.8, 4) is 0 Å². The number of amides is 2. The molecule has 0 saturated heterocycles. The Morgan fingerprint density at radius 2 is 1.73 bits per heavy atom. The van der Waals surface area contributed by atoms with Gasteiger partial charge in [0.05, 0.1) is 0 Å². The zero-order chi connectivity index (χ0) is 16.5. The summed E-state index contributed by atoms with van der Waals surface area (Å²) in [5, 5.41) is 3.20. The van der Waals surface area contributed by atoms with E-state index in [-0.39, 0.29) is 0 Å². The molecule has 0 aliphatic carbocycles. The Labute approximate surface area is 137 Å². The van der Waals surface area contributed by atoms with Crippen LogP contribution in [0.5, 0.6) is 0 Å². The van der Waals surface area contributed by atoms with Crippen molar-refractivity contribution < 1.29 is 9.59 Å². The van der Waals surface area contributed by atoms with Gasteiger partial charge in [0.15, 0.2) is 0 Å². The predicted octanol–water partition coefficient (Wildman–Crippen LogP) is 4.02. The van der Waals surface area contributed by atoms with Gasteiger partial charge in [-0.25, -0.2) is 0 Å². The van der Waals surface area contributed by atoms with Crippen LogP contribution in [-0.2, 0) is 9.59 Å². The van der Waals surface area contributed by atoms with Gasteiger partial charge >= 0.3 is 11.8 Å². The number of nitrogens with one attached hydrogen (secondary N) is 1. The summed E-state index contributed by atoms with van der Waals surface area (Å²) in [5.41, 5.74) is 1.47. The van der Waals surface area contributed by atoms with Crippen LogP contribution in [0.2, 0.25) is 5.02 Å². The number of benzene rings is 1. The summed E-state index contributed by atoms with van der Waals surface area (Å²) in [4.78, 5) is 26.1. The summed E-state index contributed by atoms with van der Waals surface area (Å²) in [7, 11) is 0. The lowest BCUT2D eigenvalue weighted by Crippen LogP contribution is -2.40. The number of nitrogens with zero attached hydrogens (tertiary/aromatic N) is 1. The molecule has 5 heteroatoms. The van der Waals surface area contributed by atoms with Crippen LogP contribution in [0.1, 0.15) is 45.1 Å². The highest BCUT2D eigenvalue weighted by Crippen LogP contribution is 2.20. The number of unbranched alkanes of at least 4 members (excludes halogenated alkanes) is 2. The molecule has 0 unspecified atom stereocenters. The molecule has 0 heterocycles. The summed E-state index contributed by atoms with van der Waals surface area (Å²) in [6, 6.07) is 5.22. The lowest BCUT2D eigenvalue weighted by atomic mass is 10.2. The van der Waals surface area contributed by atoms with E-state index in [1.165, 1.54) is 0 Å². The van der Waals surface area contributed by atoms with Gasteiger partial charge in [-0.2, -0.15) is 0 Å². The van der Waals surface area contributed by atoms with Gasteiger partial charge in [-0.05, 0) is 37.5 Å². The summed E-state index contributed by atoms with van der Waals surface area (Å²) in [5.74, 6) is -1.08. The standard InChI is InChI=1S/C17H25ClN2O2/c1-4-6-10-20(11-7-5-2)17(22)16(21)19-14-9-8-13(3)15(18)12-14/h8-9,12H,4-7,10-11H2,1-3H3,(H,19,21). The second-order valence-electron chi connectivity index (χ2n) is 5.42. The number of hydrogen-bond acceptors (Lipinski definition) is 2. The first-order chi connectivity index (χ1) is 10.5. The number of hydrogen-bond donors (Lipinski definition) is 1. The molecule has 0 atom stereocenters. The summed E-state index contributed by atoms with van der Waals surface area (Å²) in [6.07, 6.45) is 3.79. The van der Waals surface area contributed by atoms with Crippen molar-refractivity contribution in [1.82, 2.24) is 4.90 Å². The summed E-state index contributed by atoms with van der Waals surface area (Å²) >= 11 is 6.03. The number of rotatable bonds is 7. The Morgan fingerprint density at radius 3 is 2.23 bits per heavy atom. The van der Waals surface area contributed by atoms with Crippen molar-refractivity contribution in [2.45, 2.75) is 46.5 Å². The van der Waals surface area contributed by atoms with Crippen LogP contribution in [-0.4, -0.2) is 29.8 Å². The lowest BCUT2D eigenvalue weighted by molar-refractivity contribution is -0.143. The first kappa shape index (κ1) is 18.5. The first-order valence-corrected chi connectivity index (χ1v) is 8.23. The highest BCUT2D eigenvalue weighted by molar-refractivity contribution is 6.39. The monoisotopic (exact) mass is 324 g/mol. The Morgan fingerprint density at radius 1 is 1.14 bits per heavy atom. The number of carbonyl (C=O) groups excluding carboxylic acids is 2. The molecule has 0 bridgehead atoms. The van der Waals surface area contributed by atoms with E-state index in [9.17, 15) is 9.59 Å². The van der Waals surface area contributed by atoms with E-state index in [2.05, 4.69) is 19.2 Å². The fourth-order valence-electron chi connectivity index (χ4n) is 2.01. The predicted molar refractivity (Wildman–Crippen MR) is 91.2 cm³/mol. The molecule has 122 valence electrons. The quantitative estimate of drug-likeness (QED) is 0.770. The average Bonchev–Trinajstić information content (AvgIpc) is 2.50. The lowest BCUT2D eigenvalue weighted by Gasteiger charge is -2.21. The molecule has 0 spiro atoms. The van der Waals surface area contributed by atoms with E-state index in [0.717, 1.165) is 31.2 Å². The van der Waals surface area contributed by atoms with E-state index < -0.39 is 11.8 Å². The number of halogens is 1. The molecule has 0 aliphatic heterocycles. The fraction of sp³-hybridized carbons (Fsp3) is 0.529. The highest BCUT2D eigenvalue weighted by atomic mass is 35.5. The van der Waals surface area contributed by atoms with Gasteiger partial charge in [0, 0.05) is 23.8 Å². The van der Waals surface area contributed by atoms with Crippen molar-refractivity contribution in [3.63, 3.8) is 0 Å². The Hall–Kier alpha value is -1.55. The Kier molecular flexibility index (Phi) is 7.96. The van der Waals surface area contributed by atoms with Crippen molar-refractivity contribution in [2.75, 3.05) is 18.4 Å². The van der Waals surface area contributed by atoms with Gasteiger partial charge in [0.2, 0.25) is 0 Å². The van der Waals surface area contributed by atoms with E-state index in [1.807, 2.05) is 13.0 Å². The van der Waals surface area contributed by atoms with Crippen LogP contribution < -0.4 is 5.32 Å². The smallest absolute Gasteiger partial charge is 0.313 e. The maximum Gasteiger partial charge on any atom is 0.313 e. The number of anilines is 1. The topological polar surface area (TPSA) is 49.4 Å². The number of aryl methyl sites for hydroxylation is 1. The average molecular weight is 325 g/mol. The molecule has 2 amide bonds. The minimum absolute atomic E-state index is 0.474. The third-order valence-corrected chi connectivity index (χ3v) is 3.88. The number of carbonyl (C=O) groups is 2. The van der Waals surface area contributed by atoms with Crippen LogP contribution >= 0.6 is 11.6 Å². The minimum atomic E-state index is -0.605. The van der Waals surface area contributed by atoms with Gasteiger partial charge in [0.25, 0.3) is 0 Å². The van der Waals surface area contributed by atoms with Gasteiger partial charge in [0.1, 0.15) is 0 Å². The van der Waals surface area contributed by atoms with Crippen molar-refractivity contribution >= 4 is 29.1 Å². The van der Waals surface area contributed by atoms with E-state index >= 15 is 0 Å². The molecule has 1 rings (SSSR count). The molecular weight excluding hydrogens is 300 g/mol. The van der Waals surface area contributed by atoms with Crippen LogP contribution in [0.25, 0.3) is 0 Å². The molecule has 1 aromatic carbocycles. The van der Waals surface area contributed by atoms with Gasteiger partial charge in [-0.3, -0.25) is 9.59 Å². The van der Waals surface area contributed by atoms with E-state index in [4.69, 9.17) is 11.6 Å². The Balaban J connectivity index is 2.70. The summed E-state index contributed by atoms with van der Waals surface area (Å²) in [6.45, 7) is 7.26. The SMILES string of the molecule is CCCCN(CCCC)C(=O)C(=O)Nc1ccc(C)c(Cl)c1. The van der Waals surface area contributed by atoms with Gasteiger partial charge in [-0.1, -0.05) is 44.4 Å². The maximum absolute atomic E-state index is 12.3. The molecule has 4 nitrogen and oxygen atoms in total. The molecule has 0 fully saturated rings. The summed E-state index contributed by atoms with van der Waals surface area (Å²) < 4.78 is 0. The van der Waals surface area contributed by atoms with Crippen molar-refractivity contribution in [3.05, 3.63) is 28.8 Å². The molecule has 0 aliphatic rings. The second-order valence-corrected chi connectivity index (χ2v) is 5.82. The molecule has 0 radical (unpaired) electrons. The van der Waals surface area contributed by atoms with Crippen molar-refractivity contribution in [2.24, 2.45) is 0 Å². The molecule has 0 saturated carbocycles. The minimum Gasteiger partial charge on any atom is -0.334 e. The maximum atomic E-state index is 12.3. The molecule has 22 heavy (non-hydrogen) atoms. The second kappa shape index (κ2) is 9.46. The first-order valence-electron chi connectivity index (χ1n) is 7.86. The molecule has 1 aromatic rings. The Bertz CT molecular complexity index is 509. The molecular formula is C17H25ClN2O2. The van der Waals surface area contributed by atoms with E-state index in [1.54, 1.807) is 17.0 Å². The zero-order valence-corrected chi connectivity index (χ0v) is 14.4. The van der Waals surface area contributed by atoms with Crippen LogP contribution in [0.4, 0.5) is 5.69 Å². The fourth-order valence-corrected chi connectivity index (χ4v) is 2.19. The van der Waals surface area contributed by atoms with E-state index in [0.29, 0.717) is 23.8 Å². The normalized spacial score (nSPS) is 10.4. The third-order valence-electron chi connectivity index (χ3n) is 3.47. The highest BCUT2D eigenvalue weighted by Gasteiger charge is 2.21. The van der Waals surface area contributed by atoms with Crippen molar-refractivity contribution in [1.29, 1.82) is 0 Å². The zero-order valence-electron chi connectivity index (χ0n) is 13.6. The molecule has 1 N–H and O–H groups in total. The van der Waals surface area contributed by atoms with Gasteiger partial charge < -0.3 is 10.2 Å². The van der Waals surface area contributed by atoms with Crippen LogP contribution in [0.3, 0.4) is 0 Å².